The van der Waals surface area contributed by atoms with Crippen LogP contribution in [0.15, 0.2) is 30.3 Å². The van der Waals surface area contributed by atoms with Gasteiger partial charge in [0.2, 0.25) is 5.91 Å². The summed E-state index contributed by atoms with van der Waals surface area (Å²) >= 11 is 5.92. The second kappa shape index (κ2) is 6.32. The van der Waals surface area contributed by atoms with Crippen LogP contribution < -0.4 is 0 Å². The largest absolute Gasteiger partial charge is 0.335 e. The van der Waals surface area contributed by atoms with Gasteiger partial charge in [0.1, 0.15) is 5.82 Å². The van der Waals surface area contributed by atoms with Crippen LogP contribution in [0.5, 0.6) is 0 Å². The normalized spacial score (nSPS) is 13.5. The van der Waals surface area contributed by atoms with Gasteiger partial charge >= 0.3 is 0 Å². The second-order valence-electron chi connectivity index (χ2n) is 5.37. The average molecular weight is 317 g/mol. The first-order valence-electron chi connectivity index (χ1n) is 7.23. The topological polar surface area (TPSA) is 51.0 Å². The van der Waals surface area contributed by atoms with Crippen LogP contribution in [0.3, 0.4) is 0 Å². The molecule has 1 aliphatic rings. The molecule has 0 saturated carbocycles. The van der Waals surface area contributed by atoms with Crippen molar-refractivity contribution in [1.82, 2.24) is 19.7 Å². The van der Waals surface area contributed by atoms with Gasteiger partial charge in [-0.15, -0.1) is 10.2 Å². The Bertz CT molecular complexity index is 723. The number of benzene rings is 1. The molecule has 1 aliphatic heterocycles. The van der Waals surface area contributed by atoms with Gasteiger partial charge in [0.05, 0.1) is 6.54 Å². The van der Waals surface area contributed by atoms with Crippen molar-refractivity contribution in [3.8, 4) is 0 Å². The highest BCUT2D eigenvalue weighted by Crippen LogP contribution is 2.15. The standard InChI is InChI=1S/C16H17ClN4O/c1-20(11-15-19-18-14-6-3-9-21(14)15)16(22)8-7-12-4-2-5-13(17)10-12/h2,4-5,7-8,10H,3,6,9,11H2,1H3. The number of halogens is 1. The van der Waals surface area contributed by atoms with Gasteiger partial charge in [-0.2, -0.15) is 0 Å². The molecule has 3 rings (SSSR count). The van der Waals surface area contributed by atoms with E-state index < -0.39 is 0 Å². The Morgan fingerprint density at radius 2 is 2.32 bits per heavy atom. The molecule has 0 unspecified atom stereocenters. The number of likely N-dealkylation sites (N-methyl/N-ethyl adjacent to an activating group) is 1. The summed E-state index contributed by atoms with van der Waals surface area (Å²) < 4.78 is 2.10. The van der Waals surface area contributed by atoms with Gasteiger partial charge in [-0.3, -0.25) is 4.79 Å². The SMILES string of the molecule is CN(Cc1nnc2n1CCC2)C(=O)C=Cc1cccc(Cl)c1. The molecule has 0 bridgehead atoms. The molecular weight excluding hydrogens is 300 g/mol. The third-order valence-electron chi connectivity index (χ3n) is 3.71. The first-order valence-corrected chi connectivity index (χ1v) is 7.61. The summed E-state index contributed by atoms with van der Waals surface area (Å²) in [7, 11) is 1.77. The number of aryl methyl sites for hydroxylation is 1. The number of rotatable bonds is 4. The van der Waals surface area contributed by atoms with Gasteiger partial charge in [-0.1, -0.05) is 23.7 Å². The summed E-state index contributed by atoms with van der Waals surface area (Å²) in [6.45, 7) is 1.41. The molecule has 0 radical (unpaired) electrons. The number of amides is 1. The Hall–Kier alpha value is -2.14. The minimum Gasteiger partial charge on any atom is -0.335 e. The third-order valence-corrected chi connectivity index (χ3v) is 3.94. The molecule has 0 atom stereocenters. The van der Waals surface area contributed by atoms with E-state index in [1.807, 2.05) is 18.2 Å². The van der Waals surface area contributed by atoms with Crippen molar-refractivity contribution in [2.45, 2.75) is 25.9 Å². The van der Waals surface area contributed by atoms with Gasteiger partial charge < -0.3 is 9.47 Å². The molecule has 0 saturated heterocycles. The van der Waals surface area contributed by atoms with Crippen molar-refractivity contribution < 1.29 is 4.79 Å². The highest BCUT2D eigenvalue weighted by molar-refractivity contribution is 6.30. The molecule has 2 aromatic rings. The van der Waals surface area contributed by atoms with E-state index in [0.717, 1.165) is 36.6 Å². The maximum Gasteiger partial charge on any atom is 0.246 e. The van der Waals surface area contributed by atoms with Gasteiger partial charge in [0, 0.05) is 31.1 Å². The van der Waals surface area contributed by atoms with Crippen LogP contribution in [0.1, 0.15) is 23.6 Å². The Kier molecular flexibility index (Phi) is 4.24. The van der Waals surface area contributed by atoms with E-state index >= 15 is 0 Å². The van der Waals surface area contributed by atoms with Gasteiger partial charge in [0.25, 0.3) is 0 Å². The van der Waals surface area contributed by atoms with Gasteiger partial charge in [-0.05, 0) is 30.2 Å². The highest BCUT2D eigenvalue weighted by Gasteiger charge is 2.19. The van der Waals surface area contributed by atoms with Crippen molar-refractivity contribution >= 4 is 23.6 Å². The smallest absolute Gasteiger partial charge is 0.246 e. The lowest BCUT2D eigenvalue weighted by Gasteiger charge is -2.14. The summed E-state index contributed by atoms with van der Waals surface area (Å²) in [4.78, 5) is 13.8. The minimum absolute atomic E-state index is 0.0738. The number of aromatic nitrogens is 3. The number of carbonyl (C=O) groups excluding carboxylic acids is 1. The van der Waals surface area contributed by atoms with Crippen molar-refractivity contribution in [3.05, 3.63) is 52.6 Å². The second-order valence-corrected chi connectivity index (χ2v) is 5.81. The average Bonchev–Trinajstić information content (AvgIpc) is 3.10. The summed E-state index contributed by atoms with van der Waals surface area (Å²) in [5.41, 5.74) is 0.901. The van der Waals surface area contributed by atoms with E-state index in [4.69, 9.17) is 11.6 Å². The van der Waals surface area contributed by atoms with E-state index in [0.29, 0.717) is 11.6 Å². The molecule has 114 valence electrons. The number of hydrogen-bond acceptors (Lipinski definition) is 3. The van der Waals surface area contributed by atoms with Crippen LogP contribution in [0.2, 0.25) is 5.02 Å². The summed E-state index contributed by atoms with van der Waals surface area (Å²) in [6.07, 6.45) is 5.38. The van der Waals surface area contributed by atoms with Gasteiger partial charge in [-0.25, -0.2) is 0 Å². The van der Waals surface area contributed by atoms with E-state index in [2.05, 4.69) is 14.8 Å². The summed E-state index contributed by atoms with van der Waals surface area (Å²) in [6, 6.07) is 7.38. The van der Waals surface area contributed by atoms with Crippen LogP contribution in [0.25, 0.3) is 6.08 Å². The number of nitrogens with zero attached hydrogens (tertiary/aromatic N) is 4. The van der Waals surface area contributed by atoms with Crippen molar-refractivity contribution in [2.24, 2.45) is 0 Å². The number of hydrogen-bond donors (Lipinski definition) is 0. The molecule has 0 aliphatic carbocycles. The van der Waals surface area contributed by atoms with Crippen LogP contribution in [0, 0.1) is 0 Å². The first kappa shape index (κ1) is 14.8. The van der Waals surface area contributed by atoms with E-state index in [1.165, 1.54) is 0 Å². The predicted octanol–water partition coefficient (Wildman–Crippen LogP) is 2.55. The molecule has 0 spiro atoms. The Morgan fingerprint density at radius 3 is 3.14 bits per heavy atom. The van der Waals surface area contributed by atoms with E-state index in [-0.39, 0.29) is 5.91 Å². The molecule has 0 N–H and O–H groups in total. The molecule has 2 heterocycles. The number of fused-ring (bicyclic) bond motifs is 1. The lowest BCUT2D eigenvalue weighted by atomic mass is 10.2. The molecular formula is C16H17ClN4O. The van der Waals surface area contributed by atoms with Crippen molar-refractivity contribution in [1.29, 1.82) is 0 Å². The predicted molar refractivity (Wildman–Crippen MR) is 85.3 cm³/mol. The summed E-state index contributed by atoms with van der Waals surface area (Å²) in [5.74, 6) is 1.79. The van der Waals surface area contributed by atoms with E-state index in [9.17, 15) is 4.79 Å². The van der Waals surface area contributed by atoms with Crippen LogP contribution in [-0.4, -0.2) is 32.6 Å². The fourth-order valence-corrected chi connectivity index (χ4v) is 2.72. The van der Waals surface area contributed by atoms with Gasteiger partial charge in [0.15, 0.2) is 5.82 Å². The monoisotopic (exact) mass is 316 g/mol. The van der Waals surface area contributed by atoms with Crippen LogP contribution in [0.4, 0.5) is 0 Å². The van der Waals surface area contributed by atoms with Crippen molar-refractivity contribution in [2.75, 3.05) is 7.05 Å². The maximum atomic E-state index is 12.2. The zero-order valence-corrected chi connectivity index (χ0v) is 13.1. The molecule has 1 aromatic carbocycles. The molecule has 5 nitrogen and oxygen atoms in total. The van der Waals surface area contributed by atoms with Crippen LogP contribution >= 0.6 is 11.6 Å². The molecule has 1 aromatic heterocycles. The van der Waals surface area contributed by atoms with E-state index in [1.54, 1.807) is 30.2 Å². The summed E-state index contributed by atoms with van der Waals surface area (Å²) in [5, 5.41) is 8.98. The lowest BCUT2D eigenvalue weighted by Crippen LogP contribution is -2.25. The minimum atomic E-state index is -0.0738. The molecule has 0 fully saturated rings. The number of carbonyl (C=O) groups is 1. The molecule has 1 amide bonds. The first-order chi connectivity index (χ1) is 10.6. The fourth-order valence-electron chi connectivity index (χ4n) is 2.52. The lowest BCUT2D eigenvalue weighted by molar-refractivity contribution is -0.125. The Balaban J connectivity index is 1.64. The zero-order valence-electron chi connectivity index (χ0n) is 12.4. The maximum absolute atomic E-state index is 12.2. The van der Waals surface area contributed by atoms with Crippen LogP contribution in [-0.2, 0) is 24.3 Å². The fraction of sp³-hybridized carbons (Fsp3) is 0.312. The highest BCUT2D eigenvalue weighted by atomic mass is 35.5. The van der Waals surface area contributed by atoms with Crippen molar-refractivity contribution in [3.63, 3.8) is 0 Å². The Morgan fingerprint density at radius 1 is 1.45 bits per heavy atom. The third kappa shape index (κ3) is 3.20. The Labute approximate surface area is 134 Å². The molecule has 6 heteroatoms. The zero-order chi connectivity index (χ0) is 15.5. The molecule has 22 heavy (non-hydrogen) atoms. The quantitative estimate of drug-likeness (QED) is 0.815.